The molecule has 2 fully saturated rings. The van der Waals surface area contributed by atoms with E-state index < -0.39 is 6.10 Å². The lowest BCUT2D eigenvalue weighted by molar-refractivity contribution is 0.0978. The van der Waals surface area contributed by atoms with E-state index >= 15 is 0 Å². The van der Waals surface area contributed by atoms with Crippen molar-refractivity contribution >= 4 is 0 Å². The largest absolute Gasteiger partial charge is 0.388 e. The summed E-state index contributed by atoms with van der Waals surface area (Å²) < 4.78 is 13.6. The summed E-state index contributed by atoms with van der Waals surface area (Å²) >= 11 is 0. The topological polar surface area (TPSA) is 26.7 Å². The summed E-state index contributed by atoms with van der Waals surface area (Å²) in [6, 6.07) is 7.36. The maximum absolute atomic E-state index is 13.6. The van der Waals surface area contributed by atoms with E-state index in [4.69, 9.17) is 0 Å². The third kappa shape index (κ3) is 3.37. The zero-order chi connectivity index (χ0) is 13.9. The van der Waals surface area contributed by atoms with E-state index in [9.17, 15) is 9.50 Å². The third-order valence-corrected chi connectivity index (χ3v) is 4.45. The molecule has 3 rings (SSSR count). The average Bonchev–Trinajstić information content (AvgIpc) is 3.30. The van der Waals surface area contributed by atoms with Gasteiger partial charge >= 0.3 is 0 Å². The van der Waals surface area contributed by atoms with Crippen LogP contribution in [0.25, 0.3) is 0 Å². The van der Waals surface area contributed by atoms with Gasteiger partial charge < -0.3 is 10.0 Å². The van der Waals surface area contributed by atoms with E-state index in [-0.39, 0.29) is 5.82 Å². The Kier molecular flexibility index (Phi) is 4.34. The fraction of sp³-hybridized carbons (Fsp3) is 0.625. The highest BCUT2D eigenvalue weighted by Gasteiger charge is 2.31. The monoisotopic (exact) mass is 278 g/mol. The number of halogens is 1. The Morgan fingerprint density at radius 1 is 1.15 bits per heavy atom. The first-order chi connectivity index (χ1) is 9.74. The first-order valence-corrected chi connectivity index (χ1v) is 7.63. The molecule has 0 bridgehead atoms. The Bertz CT molecular complexity index is 442. The molecule has 0 amide bonds. The second-order valence-electron chi connectivity index (χ2n) is 5.93. The first-order valence-electron chi connectivity index (χ1n) is 7.63. The molecule has 0 spiro atoms. The summed E-state index contributed by atoms with van der Waals surface area (Å²) in [6.45, 7) is 5.26. The Balaban J connectivity index is 1.44. The van der Waals surface area contributed by atoms with E-state index in [2.05, 4.69) is 9.80 Å². The fourth-order valence-corrected chi connectivity index (χ4v) is 3.00. The quantitative estimate of drug-likeness (QED) is 0.893. The van der Waals surface area contributed by atoms with Gasteiger partial charge in [0.25, 0.3) is 0 Å². The minimum absolute atomic E-state index is 0.307. The highest BCUT2D eigenvalue weighted by atomic mass is 19.1. The second-order valence-corrected chi connectivity index (χ2v) is 5.93. The van der Waals surface area contributed by atoms with Crippen LogP contribution in [0.3, 0.4) is 0 Å². The van der Waals surface area contributed by atoms with Gasteiger partial charge in [0.1, 0.15) is 5.82 Å². The fourth-order valence-electron chi connectivity index (χ4n) is 3.00. The molecule has 1 aliphatic heterocycles. The Morgan fingerprint density at radius 3 is 2.50 bits per heavy atom. The molecule has 1 saturated heterocycles. The lowest BCUT2D eigenvalue weighted by Gasteiger charge is -2.35. The van der Waals surface area contributed by atoms with Crippen molar-refractivity contribution in [3.63, 3.8) is 0 Å². The number of hydrogen-bond donors (Lipinski definition) is 1. The molecular weight excluding hydrogens is 255 g/mol. The molecule has 110 valence electrons. The zero-order valence-corrected chi connectivity index (χ0v) is 11.8. The van der Waals surface area contributed by atoms with Crippen LogP contribution < -0.4 is 0 Å². The number of aliphatic hydroxyl groups is 1. The maximum atomic E-state index is 13.6. The molecule has 1 heterocycles. The van der Waals surface area contributed by atoms with Gasteiger partial charge in [-0.25, -0.2) is 4.39 Å². The molecule has 0 aromatic heterocycles. The SMILES string of the molecule is OC(CCN1CCN(C2CC2)CC1)c1ccccc1F. The smallest absolute Gasteiger partial charge is 0.128 e. The minimum Gasteiger partial charge on any atom is -0.388 e. The van der Waals surface area contributed by atoms with Gasteiger partial charge in [0.15, 0.2) is 0 Å². The van der Waals surface area contributed by atoms with Crippen LogP contribution in [0, 0.1) is 5.82 Å². The zero-order valence-electron chi connectivity index (χ0n) is 11.8. The number of rotatable bonds is 5. The van der Waals surface area contributed by atoms with Crippen LogP contribution in [0.2, 0.25) is 0 Å². The van der Waals surface area contributed by atoms with Gasteiger partial charge in [-0.1, -0.05) is 18.2 Å². The number of nitrogens with zero attached hydrogens (tertiary/aromatic N) is 2. The molecule has 1 aromatic carbocycles. The number of aliphatic hydroxyl groups excluding tert-OH is 1. The van der Waals surface area contributed by atoms with Gasteiger partial charge in [0.05, 0.1) is 6.10 Å². The van der Waals surface area contributed by atoms with E-state index in [0.29, 0.717) is 12.0 Å². The van der Waals surface area contributed by atoms with E-state index in [1.165, 1.54) is 18.9 Å². The summed E-state index contributed by atoms with van der Waals surface area (Å²) in [5, 5.41) is 10.1. The standard InChI is InChI=1S/C16H23FN2O/c17-15-4-2-1-3-14(15)16(20)7-8-18-9-11-19(12-10-18)13-5-6-13/h1-4,13,16,20H,5-12H2. The van der Waals surface area contributed by atoms with Crippen molar-refractivity contribution in [3.8, 4) is 0 Å². The number of hydrogen-bond acceptors (Lipinski definition) is 3. The molecule has 1 aromatic rings. The van der Waals surface area contributed by atoms with E-state index in [0.717, 1.165) is 38.8 Å². The van der Waals surface area contributed by atoms with Crippen molar-refractivity contribution < 1.29 is 9.50 Å². The van der Waals surface area contributed by atoms with Gasteiger partial charge in [-0.3, -0.25) is 4.90 Å². The van der Waals surface area contributed by atoms with Gasteiger partial charge in [-0.05, 0) is 25.3 Å². The van der Waals surface area contributed by atoms with E-state index in [1.54, 1.807) is 18.2 Å². The Hall–Kier alpha value is -0.970. The molecule has 4 heteroatoms. The van der Waals surface area contributed by atoms with Crippen LogP contribution in [-0.2, 0) is 0 Å². The predicted octanol–water partition coefficient (Wildman–Crippen LogP) is 2.03. The van der Waals surface area contributed by atoms with Crippen LogP contribution in [0.15, 0.2) is 24.3 Å². The van der Waals surface area contributed by atoms with E-state index in [1.807, 2.05) is 0 Å². The molecule has 1 aliphatic carbocycles. The third-order valence-electron chi connectivity index (χ3n) is 4.45. The number of benzene rings is 1. The van der Waals surface area contributed by atoms with Crippen molar-refractivity contribution in [3.05, 3.63) is 35.6 Å². The first kappa shape index (κ1) is 14.0. The lowest BCUT2D eigenvalue weighted by atomic mass is 10.1. The molecule has 1 unspecified atom stereocenters. The molecule has 1 N–H and O–H groups in total. The van der Waals surface area contributed by atoms with Crippen LogP contribution >= 0.6 is 0 Å². The van der Waals surface area contributed by atoms with Crippen molar-refractivity contribution in [2.24, 2.45) is 0 Å². The van der Waals surface area contributed by atoms with Crippen molar-refractivity contribution in [2.75, 3.05) is 32.7 Å². The van der Waals surface area contributed by atoms with Gasteiger partial charge in [0, 0.05) is 44.3 Å². The van der Waals surface area contributed by atoms with Gasteiger partial charge in [-0.15, -0.1) is 0 Å². The van der Waals surface area contributed by atoms with Crippen molar-refractivity contribution in [1.82, 2.24) is 9.80 Å². The van der Waals surface area contributed by atoms with Crippen molar-refractivity contribution in [2.45, 2.75) is 31.4 Å². The Morgan fingerprint density at radius 2 is 1.85 bits per heavy atom. The van der Waals surface area contributed by atoms with Gasteiger partial charge in [-0.2, -0.15) is 0 Å². The summed E-state index contributed by atoms with van der Waals surface area (Å²) in [4.78, 5) is 4.95. The molecule has 1 saturated carbocycles. The summed E-state index contributed by atoms with van der Waals surface area (Å²) in [5.41, 5.74) is 0.420. The highest BCUT2D eigenvalue weighted by molar-refractivity contribution is 5.19. The summed E-state index contributed by atoms with van der Waals surface area (Å²) in [5.74, 6) is -0.307. The van der Waals surface area contributed by atoms with Crippen LogP contribution in [0.1, 0.15) is 30.9 Å². The minimum atomic E-state index is -0.697. The second kappa shape index (κ2) is 6.20. The molecule has 3 nitrogen and oxygen atoms in total. The normalized spacial score (nSPS) is 22.9. The van der Waals surface area contributed by atoms with Gasteiger partial charge in [0.2, 0.25) is 0 Å². The predicted molar refractivity (Wildman–Crippen MR) is 77.0 cm³/mol. The van der Waals surface area contributed by atoms with Crippen LogP contribution in [-0.4, -0.2) is 53.7 Å². The Labute approximate surface area is 120 Å². The highest BCUT2D eigenvalue weighted by Crippen LogP contribution is 2.27. The maximum Gasteiger partial charge on any atom is 0.128 e. The number of piperazine rings is 1. The molecule has 2 aliphatic rings. The lowest BCUT2D eigenvalue weighted by Crippen LogP contribution is -2.47. The molecule has 0 radical (unpaired) electrons. The van der Waals surface area contributed by atoms with Crippen LogP contribution in [0.4, 0.5) is 4.39 Å². The molecular formula is C16H23FN2O. The molecule has 1 atom stereocenters. The summed E-state index contributed by atoms with van der Waals surface area (Å²) in [7, 11) is 0. The van der Waals surface area contributed by atoms with Crippen molar-refractivity contribution in [1.29, 1.82) is 0 Å². The van der Waals surface area contributed by atoms with Crippen LogP contribution in [0.5, 0.6) is 0 Å². The average molecular weight is 278 g/mol. The summed E-state index contributed by atoms with van der Waals surface area (Å²) in [6.07, 6.45) is 2.64. The molecule has 20 heavy (non-hydrogen) atoms.